The fraction of sp³-hybridized carbons (Fsp3) is 0.318. The lowest BCUT2D eigenvalue weighted by molar-refractivity contribution is -0.142. The Kier molecular flexibility index (Phi) is 5.03. The van der Waals surface area contributed by atoms with Crippen LogP contribution in [0.2, 0.25) is 0 Å². The first-order chi connectivity index (χ1) is 15.3. The molecule has 1 amide bonds. The molecule has 1 aliphatic rings. The molecule has 1 N–H and O–H groups in total. The highest BCUT2D eigenvalue weighted by molar-refractivity contribution is 6.12. The van der Waals surface area contributed by atoms with Crippen molar-refractivity contribution < 1.29 is 27.9 Å². The van der Waals surface area contributed by atoms with Crippen molar-refractivity contribution >= 4 is 17.6 Å². The SMILES string of the molecule is Cc1cc(-c2cnc(C)c(C(=O)O)c2)nc2c1C(=O)N(c1cnn(CC(F)(F)F)c1)C2(C)C. The highest BCUT2D eigenvalue weighted by Gasteiger charge is 2.47. The summed E-state index contributed by atoms with van der Waals surface area (Å²) in [5.41, 5.74) is 1.94. The molecular formula is C22H20F3N5O3. The molecule has 172 valence electrons. The van der Waals surface area contributed by atoms with Gasteiger partial charge < -0.3 is 5.11 Å². The summed E-state index contributed by atoms with van der Waals surface area (Å²) in [6, 6.07) is 3.14. The molecule has 0 radical (unpaired) electrons. The van der Waals surface area contributed by atoms with Gasteiger partial charge in [-0.15, -0.1) is 0 Å². The molecule has 0 saturated heterocycles. The van der Waals surface area contributed by atoms with Crippen LogP contribution < -0.4 is 4.90 Å². The molecule has 33 heavy (non-hydrogen) atoms. The summed E-state index contributed by atoms with van der Waals surface area (Å²) in [5, 5.41) is 13.2. The van der Waals surface area contributed by atoms with Crippen molar-refractivity contribution in [2.75, 3.05) is 4.90 Å². The highest BCUT2D eigenvalue weighted by atomic mass is 19.4. The van der Waals surface area contributed by atoms with Crippen LogP contribution in [0.5, 0.6) is 0 Å². The molecule has 0 aliphatic carbocycles. The lowest BCUT2D eigenvalue weighted by Crippen LogP contribution is -2.39. The number of hydrogen-bond donors (Lipinski definition) is 1. The Labute approximate surface area is 186 Å². The summed E-state index contributed by atoms with van der Waals surface area (Å²) < 4.78 is 39.0. The number of halogens is 3. The minimum Gasteiger partial charge on any atom is -0.478 e. The van der Waals surface area contributed by atoms with E-state index in [0.29, 0.717) is 33.8 Å². The second-order valence-electron chi connectivity index (χ2n) is 8.42. The Morgan fingerprint density at radius 1 is 1.18 bits per heavy atom. The lowest BCUT2D eigenvalue weighted by atomic mass is 9.95. The highest BCUT2D eigenvalue weighted by Crippen LogP contribution is 2.43. The van der Waals surface area contributed by atoms with E-state index in [1.165, 1.54) is 29.6 Å². The number of anilines is 1. The van der Waals surface area contributed by atoms with Crippen LogP contribution in [0.25, 0.3) is 11.3 Å². The quantitative estimate of drug-likeness (QED) is 0.630. The van der Waals surface area contributed by atoms with Crippen LogP contribution >= 0.6 is 0 Å². The van der Waals surface area contributed by atoms with Crippen molar-refractivity contribution in [3.8, 4) is 11.3 Å². The third-order valence-corrected chi connectivity index (χ3v) is 5.60. The maximum Gasteiger partial charge on any atom is 0.408 e. The van der Waals surface area contributed by atoms with Gasteiger partial charge in [0.2, 0.25) is 0 Å². The monoisotopic (exact) mass is 459 g/mol. The summed E-state index contributed by atoms with van der Waals surface area (Å²) in [6.07, 6.45) is -0.534. The first-order valence-electron chi connectivity index (χ1n) is 9.96. The molecule has 0 aromatic carbocycles. The van der Waals surface area contributed by atoms with Crippen molar-refractivity contribution in [2.45, 2.75) is 46.0 Å². The molecule has 0 fully saturated rings. The van der Waals surface area contributed by atoms with Crippen LogP contribution in [0.4, 0.5) is 18.9 Å². The number of aromatic carboxylic acids is 1. The zero-order valence-electron chi connectivity index (χ0n) is 18.2. The predicted octanol–water partition coefficient (Wildman–Crippen LogP) is 4.11. The normalized spacial score (nSPS) is 15.1. The maximum atomic E-state index is 13.3. The number of carbonyl (C=O) groups is 2. The molecule has 3 aromatic rings. The lowest BCUT2D eigenvalue weighted by Gasteiger charge is -2.30. The number of carbonyl (C=O) groups excluding carboxylic acids is 1. The van der Waals surface area contributed by atoms with Gasteiger partial charge in [-0.25, -0.2) is 9.78 Å². The predicted molar refractivity (Wildman–Crippen MR) is 112 cm³/mol. The minimum atomic E-state index is -4.44. The van der Waals surface area contributed by atoms with Crippen molar-refractivity contribution in [1.82, 2.24) is 19.7 Å². The van der Waals surface area contributed by atoms with Gasteiger partial charge in [-0.2, -0.15) is 18.3 Å². The van der Waals surface area contributed by atoms with Crippen LogP contribution in [0.1, 0.15) is 51.5 Å². The number of carboxylic acid groups (broad SMARTS) is 1. The summed E-state index contributed by atoms with van der Waals surface area (Å²) >= 11 is 0. The topological polar surface area (TPSA) is 101 Å². The summed E-state index contributed by atoms with van der Waals surface area (Å²) in [5.74, 6) is -1.51. The molecule has 0 spiro atoms. The average Bonchev–Trinajstić information content (AvgIpc) is 3.20. The Balaban J connectivity index is 1.79. The van der Waals surface area contributed by atoms with E-state index in [-0.39, 0.29) is 11.3 Å². The third kappa shape index (κ3) is 3.83. The molecule has 0 bridgehead atoms. The van der Waals surface area contributed by atoms with Crippen molar-refractivity contribution in [3.63, 3.8) is 0 Å². The van der Waals surface area contributed by atoms with E-state index >= 15 is 0 Å². The molecule has 11 heteroatoms. The first-order valence-corrected chi connectivity index (χ1v) is 9.96. The van der Waals surface area contributed by atoms with Gasteiger partial charge >= 0.3 is 12.1 Å². The fourth-order valence-electron chi connectivity index (χ4n) is 4.07. The summed E-state index contributed by atoms with van der Waals surface area (Å²) in [7, 11) is 0. The minimum absolute atomic E-state index is 0.0430. The maximum absolute atomic E-state index is 13.3. The smallest absolute Gasteiger partial charge is 0.408 e. The van der Waals surface area contributed by atoms with Crippen molar-refractivity contribution in [1.29, 1.82) is 0 Å². The number of carboxylic acids is 1. The van der Waals surface area contributed by atoms with Gasteiger partial charge in [0.15, 0.2) is 0 Å². The molecule has 3 aromatic heterocycles. The van der Waals surface area contributed by atoms with E-state index in [0.717, 1.165) is 4.68 Å². The summed E-state index contributed by atoms with van der Waals surface area (Å²) in [4.78, 5) is 35.0. The zero-order chi connectivity index (χ0) is 24.3. The van der Waals surface area contributed by atoms with Gasteiger partial charge in [0, 0.05) is 18.0 Å². The Morgan fingerprint density at radius 3 is 2.52 bits per heavy atom. The van der Waals surface area contributed by atoms with Crippen LogP contribution in [0, 0.1) is 13.8 Å². The second kappa shape index (κ2) is 7.39. The molecule has 0 unspecified atom stereocenters. The van der Waals surface area contributed by atoms with Gasteiger partial charge in [0.1, 0.15) is 6.54 Å². The van der Waals surface area contributed by atoms with Crippen LogP contribution in [-0.4, -0.2) is 42.9 Å². The number of hydrogen-bond acceptors (Lipinski definition) is 5. The number of fused-ring (bicyclic) bond motifs is 1. The van der Waals surface area contributed by atoms with E-state index < -0.39 is 30.1 Å². The van der Waals surface area contributed by atoms with E-state index in [1.807, 2.05) is 0 Å². The Bertz CT molecular complexity index is 1300. The molecule has 0 atom stereocenters. The van der Waals surface area contributed by atoms with Gasteiger partial charge in [-0.3, -0.25) is 19.4 Å². The van der Waals surface area contributed by atoms with Crippen molar-refractivity contribution in [3.05, 3.63) is 58.8 Å². The number of aromatic nitrogens is 4. The molecular weight excluding hydrogens is 439 g/mol. The summed E-state index contributed by atoms with van der Waals surface area (Å²) in [6.45, 7) is 5.53. The van der Waals surface area contributed by atoms with Crippen LogP contribution in [-0.2, 0) is 12.1 Å². The first kappa shape index (κ1) is 22.4. The molecule has 1 aliphatic heterocycles. The number of rotatable bonds is 4. The van der Waals surface area contributed by atoms with Gasteiger partial charge in [0.05, 0.1) is 45.6 Å². The zero-order valence-corrected chi connectivity index (χ0v) is 18.2. The van der Waals surface area contributed by atoms with Gasteiger partial charge in [-0.1, -0.05) is 0 Å². The number of alkyl halides is 3. The number of aryl methyl sites for hydroxylation is 2. The Hall–Kier alpha value is -3.76. The largest absolute Gasteiger partial charge is 0.478 e. The molecule has 0 saturated carbocycles. The number of nitrogens with zero attached hydrogens (tertiary/aromatic N) is 5. The van der Waals surface area contributed by atoms with Crippen LogP contribution in [0.15, 0.2) is 30.7 Å². The van der Waals surface area contributed by atoms with E-state index in [4.69, 9.17) is 0 Å². The molecule has 8 nitrogen and oxygen atoms in total. The third-order valence-electron chi connectivity index (χ3n) is 5.60. The number of amides is 1. The number of pyridine rings is 2. The van der Waals surface area contributed by atoms with Crippen LogP contribution in [0.3, 0.4) is 0 Å². The fourth-order valence-corrected chi connectivity index (χ4v) is 4.07. The second-order valence-corrected chi connectivity index (χ2v) is 8.42. The van der Waals surface area contributed by atoms with Gasteiger partial charge in [0.25, 0.3) is 5.91 Å². The average molecular weight is 459 g/mol. The van der Waals surface area contributed by atoms with Gasteiger partial charge in [-0.05, 0) is 45.4 Å². The van der Waals surface area contributed by atoms with E-state index in [9.17, 15) is 27.9 Å². The van der Waals surface area contributed by atoms with Crippen molar-refractivity contribution in [2.24, 2.45) is 0 Å². The molecule has 4 rings (SSSR count). The van der Waals surface area contributed by atoms with E-state index in [1.54, 1.807) is 33.8 Å². The molecule has 4 heterocycles. The standard InChI is InChI=1S/C22H20F3N5O3/c1-11-5-16(13-6-15(20(32)33)12(2)26-7-13)28-18-17(11)19(31)30(21(18,3)4)14-8-27-29(9-14)10-22(23,24)25/h5-9H,10H2,1-4H3,(H,32,33). The van der Waals surface area contributed by atoms with E-state index in [2.05, 4.69) is 15.1 Å². The Morgan fingerprint density at radius 2 is 1.88 bits per heavy atom.